The largest absolute Gasteiger partial charge is 0.478 e. The minimum absolute atomic E-state index is 0.0245. The van der Waals surface area contributed by atoms with Crippen LogP contribution in [0.15, 0.2) is 42.5 Å². The number of hydrogen-bond acceptors (Lipinski definition) is 2. The van der Waals surface area contributed by atoms with Gasteiger partial charge >= 0.3 is 12.0 Å². The molecule has 6 heteroatoms. The smallest absolute Gasteiger partial charge is 0.338 e. The SMILES string of the molecule is Cc1cccc(NC(=O)Nc2ccccc2CF)c1C(=O)O. The molecule has 2 aromatic rings. The number of alkyl halides is 1. The van der Waals surface area contributed by atoms with Crippen LogP contribution in [-0.2, 0) is 6.67 Å². The number of halogens is 1. The number of benzene rings is 2. The van der Waals surface area contributed by atoms with Crippen LogP contribution in [-0.4, -0.2) is 17.1 Å². The van der Waals surface area contributed by atoms with Crippen molar-refractivity contribution in [2.24, 2.45) is 0 Å². The van der Waals surface area contributed by atoms with Gasteiger partial charge in [0.05, 0.1) is 11.3 Å². The van der Waals surface area contributed by atoms with E-state index in [0.29, 0.717) is 16.8 Å². The number of hydrogen-bond donors (Lipinski definition) is 3. The van der Waals surface area contributed by atoms with Gasteiger partial charge in [-0.25, -0.2) is 14.0 Å². The number of carbonyl (C=O) groups excluding carboxylic acids is 1. The van der Waals surface area contributed by atoms with Crippen LogP contribution in [0.25, 0.3) is 0 Å². The second-order valence-electron chi connectivity index (χ2n) is 4.67. The second-order valence-corrected chi connectivity index (χ2v) is 4.67. The van der Waals surface area contributed by atoms with E-state index in [1.54, 1.807) is 43.3 Å². The Kier molecular flexibility index (Phi) is 4.73. The number of amides is 2. The van der Waals surface area contributed by atoms with E-state index in [-0.39, 0.29) is 11.3 Å². The molecule has 0 bridgehead atoms. The number of rotatable bonds is 4. The second kappa shape index (κ2) is 6.71. The van der Waals surface area contributed by atoms with Crippen LogP contribution in [0.4, 0.5) is 20.6 Å². The van der Waals surface area contributed by atoms with Crippen molar-refractivity contribution in [2.75, 3.05) is 10.6 Å². The van der Waals surface area contributed by atoms with Gasteiger partial charge in [0.25, 0.3) is 0 Å². The molecule has 0 fully saturated rings. The fourth-order valence-corrected chi connectivity index (χ4v) is 2.09. The van der Waals surface area contributed by atoms with Gasteiger partial charge in [0.1, 0.15) is 6.67 Å². The highest BCUT2D eigenvalue weighted by molar-refractivity contribution is 6.05. The van der Waals surface area contributed by atoms with E-state index in [1.165, 1.54) is 6.07 Å². The molecule has 0 saturated carbocycles. The average Bonchev–Trinajstić information content (AvgIpc) is 2.47. The Morgan fingerprint density at radius 1 is 1.05 bits per heavy atom. The fraction of sp³-hybridized carbons (Fsp3) is 0.125. The molecule has 0 heterocycles. The number of aryl methyl sites for hydroxylation is 1. The molecule has 0 radical (unpaired) electrons. The molecule has 2 aromatic carbocycles. The molecular formula is C16H15FN2O3. The molecule has 114 valence electrons. The summed E-state index contributed by atoms with van der Waals surface area (Å²) < 4.78 is 12.8. The predicted molar refractivity (Wildman–Crippen MR) is 82.0 cm³/mol. The van der Waals surface area contributed by atoms with E-state index in [0.717, 1.165) is 0 Å². The molecule has 22 heavy (non-hydrogen) atoms. The minimum atomic E-state index is -1.13. The number of nitrogens with one attached hydrogen (secondary N) is 2. The van der Waals surface area contributed by atoms with Crippen molar-refractivity contribution in [2.45, 2.75) is 13.6 Å². The first-order valence-corrected chi connectivity index (χ1v) is 6.57. The number of carboxylic acids is 1. The zero-order chi connectivity index (χ0) is 16.1. The third-order valence-corrected chi connectivity index (χ3v) is 3.14. The monoisotopic (exact) mass is 302 g/mol. The van der Waals surface area contributed by atoms with Crippen LogP contribution in [0, 0.1) is 6.92 Å². The lowest BCUT2D eigenvalue weighted by molar-refractivity contribution is 0.0697. The molecule has 2 rings (SSSR count). The van der Waals surface area contributed by atoms with Gasteiger partial charge in [-0.05, 0) is 24.6 Å². The van der Waals surface area contributed by atoms with Crippen molar-refractivity contribution >= 4 is 23.4 Å². The molecule has 0 aromatic heterocycles. The highest BCUT2D eigenvalue weighted by Crippen LogP contribution is 2.21. The van der Waals surface area contributed by atoms with Gasteiger partial charge in [0.2, 0.25) is 0 Å². The van der Waals surface area contributed by atoms with E-state index in [9.17, 15) is 19.1 Å². The Labute approximate surface area is 126 Å². The van der Waals surface area contributed by atoms with E-state index in [2.05, 4.69) is 10.6 Å². The Morgan fingerprint density at radius 3 is 2.36 bits per heavy atom. The first-order valence-electron chi connectivity index (χ1n) is 6.57. The topological polar surface area (TPSA) is 78.4 Å². The lowest BCUT2D eigenvalue weighted by Gasteiger charge is -2.13. The zero-order valence-electron chi connectivity index (χ0n) is 11.9. The maximum atomic E-state index is 12.8. The van der Waals surface area contributed by atoms with Crippen LogP contribution >= 0.6 is 0 Å². The summed E-state index contributed by atoms with van der Waals surface area (Å²) in [5, 5.41) is 14.2. The van der Waals surface area contributed by atoms with Crippen molar-refractivity contribution in [3.63, 3.8) is 0 Å². The third kappa shape index (κ3) is 3.41. The van der Waals surface area contributed by atoms with Gasteiger partial charge in [0.15, 0.2) is 0 Å². The zero-order valence-corrected chi connectivity index (χ0v) is 11.9. The first-order chi connectivity index (χ1) is 10.5. The summed E-state index contributed by atoms with van der Waals surface area (Å²) in [6.45, 7) is 0.937. The van der Waals surface area contributed by atoms with Crippen molar-refractivity contribution in [3.8, 4) is 0 Å². The van der Waals surface area contributed by atoms with E-state index in [1.807, 2.05) is 0 Å². The van der Waals surface area contributed by atoms with E-state index >= 15 is 0 Å². The van der Waals surface area contributed by atoms with Gasteiger partial charge in [0, 0.05) is 11.3 Å². The summed E-state index contributed by atoms with van der Waals surface area (Å²) in [5.74, 6) is -1.13. The number of urea groups is 1. The number of carbonyl (C=O) groups is 2. The summed E-state index contributed by atoms with van der Waals surface area (Å²) in [4.78, 5) is 23.3. The molecule has 0 spiro atoms. The summed E-state index contributed by atoms with van der Waals surface area (Å²) in [6, 6.07) is 10.6. The lowest BCUT2D eigenvalue weighted by atomic mass is 10.1. The third-order valence-electron chi connectivity index (χ3n) is 3.14. The molecule has 0 unspecified atom stereocenters. The van der Waals surface area contributed by atoms with Crippen molar-refractivity contribution in [1.82, 2.24) is 0 Å². The van der Waals surface area contributed by atoms with E-state index in [4.69, 9.17) is 0 Å². The van der Waals surface area contributed by atoms with Crippen LogP contribution in [0.5, 0.6) is 0 Å². The molecule has 3 N–H and O–H groups in total. The first kappa shape index (κ1) is 15.5. The normalized spacial score (nSPS) is 10.1. The number of carboxylic acid groups (broad SMARTS) is 1. The quantitative estimate of drug-likeness (QED) is 0.803. The standard InChI is InChI=1S/C16H15FN2O3/c1-10-5-4-8-13(14(10)15(20)21)19-16(22)18-12-7-3-2-6-11(12)9-17/h2-8H,9H2,1H3,(H,20,21)(H2,18,19,22). The van der Waals surface area contributed by atoms with Crippen LogP contribution in [0.3, 0.4) is 0 Å². The molecular weight excluding hydrogens is 287 g/mol. The Bertz CT molecular complexity index is 716. The summed E-state index contributed by atoms with van der Waals surface area (Å²) in [5.41, 5.74) is 1.43. The van der Waals surface area contributed by atoms with Gasteiger partial charge in [-0.1, -0.05) is 30.3 Å². The van der Waals surface area contributed by atoms with Gasteiger partial charge in [-0.2, -0.15) is 0 Å². The highest BCUT2D eigenvalue weighted by atomic mass is 19.1. The van der Waals surface area contributed by atoms with Crippen LogP contribution in [0.1, 0.15) is 21.5 Å². The van der Waals surface area contributed by atoms with Gasteiger partial charge in [-0.15, -0.1) is 0 Å². The molecule has 2 amide bonds. The Hall–Kier alpha value is -2.89. The Morgan fingerprint density at radius 2 is 1.68 bits per heavy atom. The summed E-state index contributed by atoms with van der Waals surface area (Å²) >= 11 is 0. The number of aromatic carboxylic acids is 1. The van der Waals surface area contributed by atoms with Crippen LogP contribution in [0.2, 0.25) is 0 Å². The van der Waals surface area contributed by atoms with Crippen molar-refractivity contribution < 1.29 is 19.1 Å². The highest BCUT2D eigenvalue weighted by Gasteiger charge is 2.15. The van der Waals surface area contributed by atoms with E-state index < -0.39 is 18.7 Å². The number of anilines is 2. The molecule has 0 atom stereocenters. The maximum absolute atomic E-state index is 12.8. The van der Waals surface area contributed by atoms with Crippen molar-refractivity contribution in [1.29, 1.82) is 0 Å². The molecule has 0 aliphatic rings. The number of para-hydroxylation sites is 1. The summed E-state index contributed by atoms with van der Waals surface area (Å²) in [6.07, 6.45) is 0. The van der Waals surface area contributed by atoms with Gasteiger partial charge in [-0.3, -0.25) is 0 Å². The fourth-order valence-electron chi connectivity index (χ4n) is 2.09. The maximum Gasteiger partial charge on any atom is 0.338 e. The lowest BCUT2D eigenvalue weighted by Crippen LogP contribution is -2.22. The summed E-state index contributed by atoms with van der Waals surface area (Å²) in [7, 11) is 0. The molecule has 0 aliphatic carbocycles. The van der Waals surface area contributed by atoms with Crippen LogP contribution < -0.4 is 10.6 Å². The predicted octanol–water partition coefficient (Wildman–Crippen LogP) is 3.81. The Balaban J connectivity index is 2.20. The molecule has 0 saturated heterocycles. The molecule has 5 nitrogen and oxygen atoms in total. The van der Waals surface area contributed by atoms with Gasteiger partial charge < -0.3 is 15.7 Å². The van der Waals surface area contributed by atoms with Crippen molar-refractivity contribution in [3.05, 3.63) is 59.2 Å². The average molecular weight is 302 g/mol. The molecule has 0 aliphatic heterocycles. The minimum Gasteiger partial charge on any atom is -0.478 e.